The maximum atomic E-state index is 12.7. The normalized spacial score (nSPS) is 15.3. The molecule has 8 heteroatoms. The van der Waals surface area contributed by atoms with Crippen LogP contribution in [0.25, 0.3) is 22.6 Å². The molecule has 1 N–H and O–H groups in total. The molecular weight excluding hydrogens is 359 g/mol. The third kappa shape index (κ3) is 3.52. The first kappa shape index (κ1) is 17.5. The molecule has 5 nitrogen and oxygen atoms in total. The zero-order valence-electron chi connectivity index (χ0n) is 14.2. The molecule has 3 aromatic rings. The van der Waals surface area contributed by atoms with Gasteiger partial charge in [-0.3, -0.25) is 4.79 Å². The molecular formula is C19H16F3N3O2. The molecule has 1 amide bonds. The van der Waals surface area contributed by atoms with Crippen LogP contribution >= 0.6 is 0 Å². The highest BCUT2D eigenvalue weighted by atomic mass is 19.4. The maximum Gasteiger partial charge on any atom is 0.416 e. The van der Waals surface area contributed by atoms with Crippen LogP contribution in [-0.2, 0) is 6.18 Å². The maximum absolute atomic E-state index is 12.7. The second-order valence-corrected chi connectivity index (χ2v) is 6.32. The van der Waals surface area contributed by atoms with Gasteiger partial charge in [-0.15, -0.1) is 0 Å². The molecule has 0 bridgehead atoms. The summed E-state index contributed by atoms with van der Waals surface area (Å²) in [7, 11) is 0. The summed E-state index contributed by atoms with van der Waals surface area (Å²) in [6, 6.07) is 9.61. The lowest BCUT2D eigenvalue weighted by molar-refractivity contribution is -0.137. The molecule has 2 aromatic carbocycles. The number of halogens is 3. The van der Waals surface area contributed by atoms with Crippen LogP contribution in [0.3, 0.4) is 0 Å². The van der Waals surface area contributed by atoms with E-state index in [1.165, 1.54) is 12.1 Å². The molecule has 27 heavy (non-hydrogen) atoms. The topological polar surface area (TPSA) is 58.4 Å². The molecule has 0 atom stereocenters. The molecule has 0 saturated carbocycles. The summed E-state index contributed by atoms with van der Waals surface area (Å²) in [6.45, 7) is 2.80. The van der Waals surface area contributed by atoms with Crippen LogP contribution in [-0.4, -0.2) is 42.0 Å². The molecule has 0 radical (unpaired) electrons. The number of nitrogens with one attached hydrogen (secondary N) is 1. The third-order valence-electron chi connectivity index (χ3n) is 4.50. The van der Waals surface area contributed by atoms with E-state index in [9.17, 15) is 18.0 Å². The van der Waals surface area contributed by atoms with Crippen molar-refractivity contribution in [3.63, 3.8) is 0 Å². The highest BCUT2D eigenvalue weighted by Gasteiger charge is 2.30. The van der Waals surface area contributed by atoms with Crippen LogP contribution in [0.2, 0.25) is 0 Å². The molecule has 1 saturated heterocycles. The molecule has 1 fully saturated rings. The number of hydrogen-bond acceptors (Lipinski definition) is 4. The fourth-order valence-electron chi connectivity index (χ4n) is 3.03. The minimum atomic E-state index is -4.39. The van der Waals surface area contributed by atoms with E-state index in [1.807, 2.05) is 0 Å². The number of rotatable bonds is 2. The zero-order chi connectivity index (χ0) is 19.0. The Balaban J connectivity index is 1.62. The largest absolute Gasteiger partial charge is 0.436 e. The lowest BCUT2D eigenvalue weighted by Gasteiger charge is -2.27. The standard InChI is InChI=1S/C19H16F3N3O2/c20-19(21,22)14-4-1-12(2-5-14)17-24-15-6-3-13(11-16(15)27-17)18(26)25-9-7-23-8-10-25/h1-6,11,23H,7-10H2. The van der Waals surface area contributed by atoms with Gasteiger partial charge in [-0.05, 0) is 42.5 Å². The number of amides is 1. The van der Waals surface area contributed by atoms with Crippen LogP contribution < -0.4 is 5.32 Å². The summed E-state index contributed by atoms with van der Waals surface area (Å²) in [5, 5.41) is 3.19. The van der Waals surface area contributed by atoms with Crippen molar-refractivity contribution < 1.29 is 22.4 Å². The van der Waals surface area contributed by atoms with Gasteiger partial charge < -0.3 is 14.6 Å². The number of fused-ring (bicyclic) bond motifs is 1. The van der Waals surface area contributed by atoms with E-state index in [0.29, 0.717) is 35.3 Å². The summed E-state index contributed by atoms with van der Waals surface area (Å²) in [5.41, 5.74) is 1.17. The first-order valence-corrected chi connectivity index (χ1v) is 8.50. The highest BCUT2D eigenvalue weighted by Crippen LogP contribution is 2.31. The Bertz CT molecular complexity index is 974. The Morgan fingerprint density at radius 1 is 1.07 bits per heavy atom. The smallest absolute Gasteiger partial charge is 0.416 e. The van der Waals surface area contributed by atoms with Gasteiger partial charge in [0.05, 0.1) is 5.56 Å². The van der Waals surface area contributed by atoms with E-state index < -0.39 is 11.7 Å². The van der Waals surface area contributed by atoms with Crippen molar-refractivity contribution >= 4 is 17.0 Å². The van der Waals surface area contributed by atoms with Crippen LogP contribution in [0, 0.1) is 0 Å². The van der Waals surface area contributed by atoms with Crippen molar-refractivity contribution in [1.29, 1.82) is 0 Å². The molecule has 1 aliphatic rings. The monoisotopic (exact) mass is 375 g/mol. The average Bonchev–Trinajstić information content (AvgIpc) is 3.11. The lowest BCUT2D eigenvalue weighted by Crippen LogP contribution is -2.46. The Hall–Kier alpha value is -2.87. The van der Waals surface area contributed by atoms with Gasteiger partial charge in [0.25, 0.3) is 5.91 Å². The third-order valence-corrected chi connectivity index (χ3v) is 4.50. The first-order valence-electron chi connectivity index (χ1n) is 8.50. The molecule has 0 unspecified atom stereocenters. The Morgan fingerprint density at radius 3 is 2.44 bits per heavy atom. The Morgan fingerprint density at radius 2 is 1.78 bits per heavy atom. The molecule has 2 heterocycles. The minimum Gasteiger partial charge on any atom is -0.436 e. The van der Waals surface area contributed by atoms with Crippen molar-refractivity contribution in [2.24, 2.45) is 0 Å². The number of alkyl halides is 3. The number of benzene rings is 2. The molecule has 0 aliphatic carbocycles. The number of oxazole rings is 1. The second kappa shape index (κ2) is 6.70. The van der Waals surface area contributed by atoms with Gasteiger partial charge in [0, 0.05) is 37.3 Å². The van der Waals surface area contributed by atoms with Crippen LogP contribution in [0.4, 0.5) is 13.2 Å². The molecule has 1 aromatic heterocycles. The van der Waals surface area contributed by atoms with Crippen LogP contribution in [0.1, 0.15) is 15.9 Å². The summed E-state index contributed by atoms with van der Waals surface area (Å²) >= 11 is 0. The SMILES string of the molecule is O=C(c1ccc2nc(-c3ccc(C(F)(F)F)cc3)oc2c1)N1CCNCC1. The zero-order valence-corrected chi connectivity index (χ0v) is 14.2. The summed E-state index contributed by atoms with van der Waals surface area (Å²) in [4.78, 5) is 18.7. The first-order chi connectivity index (χ1) is 12.9. The average molecular weight is 375 g/mol. The van der Waals surface area contributed by atoms with E-state index >= 15 is 0 Å². The Kier molecular flexibility index (Phi) is 4.35. The second-order valence-electron chi connectivity index (χ2n) is 6.32. The summed E-state index contributed by atoms with van der Waals surface area (Å²) in [6.07, 6.45) is -4.39. The van der Waals surface area contributed by atoms with E-state index in [2.05, 4.69) is 10.3 Å². The predicted molar refractivity (Wildman–Crippen MR) is 93.2 cm³/mol. The summed E-state index contributed by atoms with van der Waals surface area (Å²) < 4.78 is 43.7. The Labute approximate surface area is 152 Å². The van der Waals surface area contributed by atoms with Gasteiger partial charge in [-0.25, -0.2) is 4.98 Å². The van der Waals surface area contributed by atoms with Gasteiger partial charge in [-0.1, -0.05) is 0 Å². The molecule has 4 rings (SSSR count). The van der Waals surface area contributed by atoms with Gasteiger partial charge in [0.1, 0.15) is 5.52 Å². The van der Waals surface area contributed by atoms with Crippen molar-refractivity contribution in [2.45, 2.75) is 6.18 Å². The van der Waals surface area contributed by atoms with E-state index in [1.54, 1.807) is 23.1 Å². The fraction of sp³-hybridized carbons (Fsp3) is 0.263. The quantitative estimate of drug-likeness (QED) is 0.744. The fourth-order valence-corrected chi connectivity index (χ4v) is 3.03. The molecule has 140 valence electrons. The van der Waals surface area contributed by atoms with Crippen LogP contribution in [0.15, 0.2) is 46.9 Å². The minimum absolute atomic E-state index is 0.0779. The van der Waals surface area contributed by atoms with Gasteiger partial charge in [0.2, 0.25) is 5.89 Å². The van der Waals surface area contributed by atoms with Crippen molar-refractivity contribution in [3.05, 3.63) is 53.6 Å². The van der Waals surface area contributed by atoms with Crippen molar-refractivity contribution in [2.75, 3.05) is 26.2 Å². The number of carbonyl (C=O) groups is 1. The van der Waals surface area contributed by atoms with Gasteiger partial charge in [0.15, 0.2) is 5.58 Å². The predicted octanol–water partition coefficient (Wildman–Crippen LogP) is 3.56. The number of piperazine rings is 1. The van der Waals surface area contributed by atoms with E-state index in [4.69, 9.17) is 4.42 Å². The number of nitrogens with zero attached hydrogens (tertiary/aromatic N) is 2. The van der Waals surface area contributed by atoms with E-state index in [-0.39, 0.29) is 11.8 Å². The van der Waals surface area contributed by atoms with Crippen LogP contribution in [0.5, 0.6) is 0 Å². The van der Waals surface area contributed by atoms with Gasteiger partial charge in [-0.2, -0.15) is 13.2 Å². The van der Waals surface area contributed by atoms with E-state index in [0.717, 1.165) is 25.2 Å². The highest BCUT2D eigenvalue weighted by molar-refractivity contribution is 5.97. The summed E-state index contributed by atoms with van der Waals surface area (Å²) in [5.74, 6) is 0.136. The number of carbonyl (C=O) groups excluding carboxylic acids is 1. The lowest BCUT2D eigenvalue weighted by atomic mass is 10.1. The number of hydrogen-bond donors (Lipinski definition) is 1. The van der Waals surface area contributed by atoms with Crippen molar-refractivity contribution in [1.82, 2.24) is 15.2 Å². The van der Waals surface area contributed by atoms with Crippen molar-refractivity contribution in [3.8, 4) is 11.5 Å². The van der Waals surface area contributed by atoms with Gasteiger partial charge >= 0.3 is 6.18 Å². The molecule has 0 spiro atoms. The number of aromatic nitrogens is 1. The molecule has 1 aliphatic heterocycles.